The molecule has 25 heavy (non-hydrogen) atoms. The molecular formula is C17H18Cl2N4O2. The minimum absolute atomic E-state index is 0.0439. The number of likely N-dealkylation sites (tertiary alicyclic amines) is 1. The van der Waals surface area contributed by atoms with Gasteiger partial charge in [0.2, 0.25) is 0 Å². The third-order valence-corrected chi connectivity index (χ3v) is 5.55. The summed E-state index contributed by atoms with van der Waals surface area (Å²) in [4.78, 5) is 31.6. The molecule has 2 aromatic rings. The van der Waals surface area contributed by atoms with Crippen LogP contribution in [0.15, 0.2) is 18.2 Å². The predicted octanol–water partition coefficient (Wildman–Crippen LogP) is 3.10. The van der Waals surface area contributed by atoms with Gasteiger partial charge < -0.3 is 20.1 Å². The summed E-state index contributed by atoms with van der Waals surface area (Å²) in [5.41, 5.74) is 1.16. The fourth-order valence-corrected chi connectivity index (χ4v) is 4.12. The summed E-state index contributed by atoms with van der Waals surface area (Å²) in [5.74, 6) is -0.137. The minimum atomic E-state index is -0.137. The molecule has 2 N–H and O–H groups in total. The fourth-order valence-electron chi connectivity index (χ4n) is 3.67. The average molecular weight is 381 g/mol. The molecule has 0 spiro atoms. The van der Waals surface area contributed by atoms with Crippen molar-refractivity contribution in [3.05, 3.63) is 33.9 Å². The number of aromatic nitrogens is 1. The number of carbonyl (C=O) groups excluding carboxylic acids is 2. The maximum absolute atomic E-state index is 13.0. The highest BCUT2D eigenvalue weighted by molar-refractivity contribution is 6.39. The molecule has 2 aliphatic heterocycles. The van der Waals surface area contributed by atoms with Crippen LogP contribution in [-0.4, -0.2) is 58.9 Å². The lowest BCUT2D eigenvalue weighted by Gasteiger charge is -2.36. The molecular weight excluding hydrogens is 363 g/mol. The first-order valence-corrected chi connectivity index (χ1v) is 9.10. The minimum Gasteiger partial charge on any atom is -0.349 e. The molecule has 0 saturated carbocycles. The van der Waals surface area contributed by atoms with E-state index in [4.69, 9.17) is 23.2 Å². The molecule has 0 radical (unpaired) electrons. The molecule has 2 fully saturated rings. The maximum Gasteiger partial charge on any atom is 0.317 e. The second-order valence-electron chi connectivity index (χ2n) is 6.48. The Bertz CT molecular complexity index is 851. The predicted molar refractivity (Wildman–Crippen MR) is 97.3 cm³/mol. The van der Waals surface area contributed by atoms with Crippen molar-refractivity contribution in [1.29, 1.82) is 0 Å². The SMILES string of the molecule is O=C(c1[nH]c2ccc(Cl)cc2c1Cl)N1CCCC(N2CCNC2=O)C1. The molecule has 6 nitrogen and oxygen atoms in total. The molecule has 1 aromatic heterocycles. The smallest absolute Gasteiger partial charge is 0.317 e. The van der Waals surface area contributed by atoms with Crippen LogP contribution in [0.1, 0.15) is 23.3 Å². The lowest BCUT2D eigenvalue weighted by Crippen LogP contribution is -2.50. The number of fused-ring (bicyclic) bond motifs is 1. The normalized spacial score (nSPS) is 21.0. The number of rotatable bonds is 2. The van der Waals surface area contributed by atoms with Crippen LogP contribution >= 0.6 is 23.2 Å². The van der Waals surface area contributed by atoms with Gasteiger partial charge in [-0.1, -0.05) is 23.2 Å². The van der Waals surface area contributed by atoms with Gasteiger partial charge in [0.15, 0.2) is 0 Å². The van der Waals surface area contributed by atoms with Crippen LogP contribution in [0.4, 0.5) is 4.79 Å². The third kappa shape index (κ3) is 2.93. The summed E-state index contributed by atoms with van der Waals surface area (Å²) >= 11 is 12.4. The zero-order chi connectivity index (χ0) is 17.6. The van der Waals surface area contributed by atoms with Gasteiger partial charge in [-0.25, -0.2) is 4.79 Å². The van der Waals surface area contributed by atoms with Crippen LogP contribution in [0.2, 0.25) is 10.0 Å². The Morgan fingerprint density at radius 2 is 2.08 bits per heavy atom. The van der Waals surface area contributed by atoms with Crippen molar-refractivity contribution >= 4 is 46.0 Å². The van der Waals surface area contributed by atoms with E-state index in [0.717, 1.165) is 23.7 Å². The van der Waals surface area contributed by atoms with Crippen LogP contribution in [0, 0.1) is 0 Å². The molecule has 0 bridgehead atoms. The van der Waals surface area contributed by atoms with Crippen LogP contribution in [0.5, 0.6) is 0 Å². The Morgan fingerprint density at radius 1 is 1.24 bits per heavy atom. The molecule has 0 aliphatic carbocycles. The summed E-state index contributed by atoms with van der Waals surface area (Å²) < 4.78 is 0. The van der Waals surface area contributed by atoms with E-state index in [-0.39, 0.29) is 18.0 Å². The zero-order valence-electron chi connectivity index (χ0n) is 13.5. The van der Waals surface area contributed by atoms with Crippen LogP contribution in [0.3, 0.4) is 0 Å². The number of hydrogen-bond donors (Lipinski definition) is 2. The molecule has 1 atom stereocenters. The molecule has 3 heterocycles. The highest BCUT2D eigenvalue weighted by Gasteiger charge is 2.34. The second kappa shape index (κ2) is 6.42. The number of carbonyl (C=O) groups is 2. The Hall–Kier alpha value is -1.92. The Labute approximate surface area is 155 Å². The number of nitrogens with one attached hydrogen (secondary N) is 2. The first-order valence-electron chi connectivity index (χ1n) is 8.35. The van der Waals surface area contributed by atoms with Gasteiger partial charge in [0, 0.05) is 42.1 Å². The van der Waals surface area contributed by atoms with Crippen molar-refractivity contribution in [2.75, 3.05) is 26.2 Å². The van der Waals surface area contributed by atoms with E-state index >= 15 is 0 Å². The molecule has 4 rings (SSSR count). The van der Waals surface area contributed by atoms with E-state index in [0.29, 0.717) is 41.9 Å². The van der Waals surface area contributed by atoms with Crippen molar-refractivity contribution in [3.63, 3.8) is 0 Å². The summed E-state index contributed by atoms with van der Waals surface area (Å²) in [7, 11) is 0. The van der Waals surface area contributed by atoms with Crippen molar-refractivity contribution in [1.82, 2.24) is 20.1 Å². The number of H-pyrrole nitrogens is 1. The highest BCUT2D eigenvalue weighted by Crippen LogP contribution is 2.31. The molecule has 2 aliphatic rings. The third-order valence-electron chi connectivity index (χ3n) is 4.93. The molecule has 1 aromatic carbocycles. The highest BCUT2D eigenvalue weighted by atomic mass is 35.5. The number of nitrogens with zero attached hydrogens (tertiary/aromatic N) is 2. The topological polar surface area (TPSA) is 68.4 Å². The largest absolute Gasteiger partial charge is 0.349 e. The van der Waals surface area contributed by atoms with Gasteiger partial charge in [0.1, 0.15) is 5.69 Å². The molecule has 132 valence electrons. The maximum atomic E-state index is 13.0. The van der Waals surface area contributed by atoms with E-state index in [1.54, 1.807) is 17.0 Å². The Kier molecular flexibility index (Phi) is 4.25. The quantitative estimate of drug-likeness (QED) is 0.840. The van der Waals surface area contributed by atoms with Crippen LogP contribution in [0.25, 0.3) is 10.9 Å². The van der Waals surface area contributed by atoms with E-state index in [2.05, 4.69) is 10.3 Å². The van der Waals surface area contributed by atoms with Gasteiger partial charge in [-0.3, -0.25) is 4.79 Å². The van der Waals surface area contributed by atoms with Gasteiger partial charge in [0.05, 0.1) is 11.1 Å². The average Bonchev–Trinajstić information content (AvgIpc) is 3.18. The number of aromatic amines is 1. The van der Waals surface area contributed by atoms with Gasteiger partial charge in [-0.15, -0.1) is 0 Å². The van der Waals surface area contributed by atoms with Crippen molar-refractivity contribution in [2.45, 2.75) is 18.9 Å². The Balaban J connectivity index is 1.58. The summed E-state index contributed by atoms with van der Waals surface area (Å²) in [6.07, 6.45) is 1.77. The van der Waals surface area contributed by atoms with E-state index in [1.165, 1.54) is 0 Å². The van der Waals surface area contributed by atoms with E-state index in [1.807, 2.05) is 11.0 Å². The van der Waals surface area contributed by atoms with E-state index < -0.39 is 0 Å². The van der Waals surface area contributed by atoms with Crippen molar-refractivity contribution < 1.29 is 9.59 Å². The summed E-state index contributed by atoms with van der Waals surface area (Å²) in [6, 6.07) is 5.33. The zero-order valence-corrected chi connectivity index (χ0v) is 15.0. The van der Waals surface area contributed by atoms with Gasteiger partial charge in [-0.2, -0.15) is 0 Å². The molecule has 8 heteroatoms. The monoisotopic (exact) mass is 380 g/mol. The first kappa shape index (κ1) is 16.5. The van der Waals surface area contributed by atoms with Crippen molar-refractivity contribution in [3.8, 4) is 0 Å². The van der Waals surface area contributed by atoms with Crippen molar-refractivity contribution in [2.24, 2.45) is 0 Å². The summed E-state index contributed by atoms with van der Waals surface area (Å²) in [5, 5.41) is 4.53. The van der Waals surface area contributed by atoms with Crippen LogP contribution in [-0.2, 0) is 0 Å². The second-order valence-corrected chi connectivity index (χ2v) is 7.29. The standard InChI is InChI=1S/C17H18Cl2N4O2/c18-10-3-4-13-12(8-10)14(19)15(21-13)16(24)22-6-1-2-11(9-22)23-7-5-20-17(23)25/h3-4,8,11,21H,1-2,5-7,9H2,(H,20,25). The van der Waals surface area contributed by atoms with Gasteiger partial charge in [0.25, 0.3) is 5.91 Å². The Morgan fingerprint density at radius 3 is 2.84 bits per heavy atom. The van der Waals surface area contributed by atoms with Gasteiger partial charge >= 0.3 is 6.03 Å². The number of benzene rings is 1. The van der Waals surface area contributed by atoms with E-state index in [9.17, 15) is 9.59 Å². The lowest BCUT2D eigenvalue weighted by molar-refractivity contribution is 0.0630. The number of piperidine rings is 1. The van der Waals surface area contributed by atoms with Gasteiger partial charge in [-0.05, 0) is 31.0 Å². The molecule has 3 amide bonds. The number of urea groups is 1. The fraction of sp³-hybridized carbons (Fsp3) is 0.412. The number of hydrogen-bond acceptors (Lipinski definition) is 2. The molecule has 2 saturated heterocycles. The lowest BCUT2D eigenvalue weighted by atomic mass is 10.0. The first-order chi connectivity index (χ1) is 12.0. The van der Waals surface area contributed by atoms with Crippen LogP contribution < -0.4 is 5.32 Å². The number of amides is 3. The summed E-state index contributed by atoms with van der Waals surface area (Å²) in [6.45, 7) is 2.55. The number of halogens is 2. The molecule has 1 unspecified atom stereocenters.